The Morgan fingerprint density at radius 1 is 1.67 bits per heavy atom. The number of nitrogens with two attached hydrogens (primary N) is 1. The Labute approximate surface area is 98.6 Å². The molecule has 0 aliphatic rings. The highest BCUT2D eigenvalue weighted by Gasteiger charge is 2.14. The van der Waals surface area contributed by atoms with E-state index in [1.54, 1.807) is 22.7 Å². The molecule has 0 atom stereocenters. The van der Waals surface area contributed by atoms with E-state index in [1.807, 2.05) is 20.2 Å². The Morgan fingerprint density at radius 3 is 2.80 bits per heavy atom. The largest absolute Gasteiger partial charge is 0.398 e. The number of nitrogen functional groups attached to an aromatic ring is 1. The van der Waals surface area contributed by atoms with Crippen molar-refractivity contribution in [2.75, 3.05) is 31.3 Å². The van der Waals surface area contributed by atoms with Gasteiger partial charge in [0, 0.05) is 29.9 Å². The molecule has 0 saturated carbocycles. The lowest BCUT2D eigenvalue weighted by atomic mass is 10.3. The molecule has 2 N–H and O–H groups in total. The van der Waals surface area contributed by atoms with Crippen molar-refractivity contribution < 1.29 is 4.79 Å². The summed E-state index contributed by atoms with van der Waals surface area (Å²) < 4.78 is 0. The van der Waals surface area contributed by atoms with E-state index in [1.165, 1.54) is 11.3 Å². The number of nitrogens with zero attached hydrogens (tertiary/aromatic N) is 1. The normalized spacial score (nSPS) is 10.3. The van der Waals surface area contributed by atoms with Gasteiger partial charge >= 0.3 is 0 Å². The fourth-order valence-electron chi connectivity index (χ4n) is 1.12. The molecule has 1 heterocycles. The minimum absolute atomic E-state index is 0.0638. The van der Waals surface area contributed by atoms with Gasteiger partial charge in [0.1, 0.15) is 0 Å². The number of thioether (sulfide) groups is 1. The number of carbonyl (C=O) groups is 1. The third kappa shape index (κ3) is 3.14. The Hall–Kier alpha value is -0.680. The molecule has 1 aromatic rings. The highest BCUT2D eigenvalue weighted by Crippen LogP contribution is 2.24. The summed E-state index contributed by atoms with van der Waals surface area (Å²) in [4.78, 5) is 15.4. The van der Waals surface area contributed by atoms with Gasteiger partial charge in [-0.2, -0.15) is 11.8 Å². The Balaban J connectivity index is 2.67. The Morgan fingerprint density at radius 2 is 2.33 bits per heavy atom. The molecule has 0 fully saturated rings. The van der Waals surface area contributed by atoms with Crippen LogP contribution in [0, 0.1) is 6.92 Å². The molecule has 0 saturated heterocycles. The second kappa shape index (κ2) is 5.42. The predicted octanol–water partition coefficient (Wildman–Crippen LogP) is 2.07. The number of thiophene rings is 1. The van der Waals surface area contributed by atoms with E-state index in [2.05, 4.69) is 0 Å². The number of rotatable bonds is 4. The summed E-state index contributed by atoms with van der Waals surface area (Å²) in [5.74, 6) is 1.02. The second-order valence-corrected chi connectivity index (χ2v) is 5.58. The molecule has 0 aliphatic carbocycles. The van der Waals surface area contributed by atoms with Crippen molar-refractivity contribution in [3.63, 3.8) is 0 Å². The first-order chi connectivity index (χ1) is 7.06. The van der Waals surface area contributed by atoms with Gasteiger partial charge in [0.15, 0.2) is 0 Å². The molecule has 3 nitrogen and oxygen atoms in total. The van der Waals surface area contributed by atoms with E-state index < -0.39 is 0 Å². The van der Waals surface area contributed by atoms with Crippen molar-refractivity contribution in [3.8, 4) is 0 Å². The molecule has 0 unspecified atom stereocenters. The maximum atomic E-state index is 11.9. The summed E-state index contributed by atoms with van der Waals surface area (Å²) in [7, 11) is 1.82. The quantitative estimate of drug-likeness (QED) is 0.882. The van der Waals surface area contributed by atoms with Crippen molar-refractivity contribution in [2.24, 2.45) is 0 Å². The zero-order chi connectivity index (χ0) is 11.4. The molecule has 1 amide bonds. The fraction of sp³-hybridized carbons (Fsp3) is 0.500. The zero-order valence-corrected chi connectivity index (χ0v) is 10.9. The van der Waals surface area contributed by atoms with Gasteiger partial charge in [-0.1, -0.05) is 0 Å². The molecule has 15 heavy (non-hydrogen) atoms. The molecule has 0 bridgehead atoms. The first-order valence-corrected chi connectivity index (χ1v) is 6.87. The maximum absolute atomic E-state index is 11.9. The third-order valence-electron chi connectivity index (χ3n) is 2.14. The van der Waals surface area contributed by atoms with Crippen LogP contribution in [0.4, 0.5) is 5.69 Å². The number of anilines is 1. The van der Waals surface area contributed by atoms with Crippen molar-refractivity contribution >= 4 is 34.7 Å². The molecule has 1 rings (SSSR count). The summed E-state index contributed by atoms with van der Waals surface area (Å²) in [5.41, 5.74) is 6.42. The van der Waals surface area contributed by atoms with E-state index in [0.717, 1.165) is 22.1 Å². The molecular formula is C10H16N2OS2. The highest BCUT2D eigenvalue weighted by molar-refractivity contribution is 7.98. The Kier molecular flexibility index (Phi) is 4.47. The fourth-order valence-corrected chi connectivity index (χ4v) is 2.51. The van der Waals surface area contributed by atoms with Crippen molar-refractivity contribution in [1.82, 2.24) is 4.90 Å². The zero-order valence-electron chi connectivity index (χ0n) is 9.24. The molecular weight excluding hydrogens is 228 g/mol. The molecule has 1 aromatic heterocycles. The average molecular weight is 244 g/mol. The number of hydrogen-bond donors (Lipinski definition) is 1. The van der Waals surface area contributed by atoms with Crippen molar-refractivity contribution in [3.05, 3.63) is 15.8 Å². The van der Waals surface area contributed by atoms with Gasteiger partial charge in [-0.25, -0.2) is 0 Å². The van der Waals surface area contributed by atoms with E-state index in [4.69, 9.17) is 5.73 Å². The lowest BCUT2D eigenvalue weighted by Crippen LogP contribution is -2.28. The number of carbonyl (C=O) groups excluding carboxylic acids is 1. The van der Waals surface area contributed by atoms with E-state index in [0.29, 0.717) is 5.69 Å². The lowest BCUT2D eigenvalue weighted by molar-refractivity contribution is 0.0808. The summed E-state index contributed by atoms with van der Waals surface area (Å²) in [5, 5.41) is 0. The molecule has 0 spiro atoms. The van der Waals surface area contributed by atoms with Crippen molar-refractivity contribution in [1.29, 1.82) is 0 Å². The number of hydrogen-bond acceptors (Lipinski definition) is 4. The van der Waals surface area contributed by atoms with Crippen LogP contribution in [-0.4, -0.2) is 36.4 Å². The van der Waals surface area contributed by atoms with Gasteiger partial charge < -0.3 is 10.6 Å². The van der Waals surface area contributed by atoms with Crippen LogP contribution < -0.4 is 5.73 Å². The van der Waals surface area contributed by atoms with Crippen LogP contribution in [0.2, 0.25) is 0 Å². The van der Waals surface area contributed by atoms with Gasteiger partial charge in [0.25, 0.3) is 5.91 Å². The van der Waals surface area contributed by atoms with E-state index >= 15 is 0 Å². The van der Waals surface area contributed by atoms with Crippen LogP contribution in [0.5, 0.6) is 0 Å². The molecule has 0 radical (unpaired) electrons. The van der Waals surface area contributed by atoms with Crippen LogP contribution in [-0.2, 0) is 0 Å². The number of aryl methyl sites for hydroxylation is 1. The summed E-state index contributed by atoms with van der Waals surface area (Å²) in [6.45, 7) is 2.70. The van der Waals surface area contributed by atoms with Crippen molar-refractivity contribution in [2.45, 2.75) is 6.92 Å². The minimum Gasteiger partial charge on any atom is -0.398 e. The van der Waals surface area contributed by atoms with E-state index in [-0.39, 0.29) is 5.91 Å². The molecule has 84 valence electrons. The molecule has 0 aromatic carbocycles. The molecule has 0 aliphatic heterocycles. The van der Waals surface area contributed by atoms with Crippen LogP contribution in [0.25, 0.3) is 0 Å². The van der Waals surface area contributed by atoms with Crippen LogP contribution >= 0.6 is 23.1 Å². The second-order valence-electron chi connectivity index (χ2n) is 3.34. The van der Waals surface area contributed by atoms with E-state index in [9.17, 15) is 4.79 Å². The lowest BCUT2D eigenvalue weighted by Gasteiger charge is -2.14. The first-order valence-electron chi connectivity index (χ1n) is 4.66. The predicted molar refractivity (Wildman–Crippen MR) is 68.8 cm³/mol. The topological polar surface area (TPSA) is 46.3 Å². The third-order valence-corrected chi connectivity index (χ3v) is 3.79. The number of amides is 1. The Bertz CT molecular complexity index is 330. The monoisotopic (exact) mass is 244 g/mol. The average Bonchev–Trinajstić information content (AvgIpc) is 2.54. The summed E-state index contributed by atoms with van der Waals surface area (Å²) in [6.07, 6.45) is 2.03. The minimum atomic E-state index is 0.0638. The van der Waals surface area contributed by atoms with Gasteiger partial charge in [-0.05, 0) is 19.2 Å². The molecule has 5 heteroatoms. The van der Waals surface area contributed by atoms with Crippen LogP contribution in [0.15, 0.2) is 6.07 Å². The van der Waals surface area contributed by atoms with Gasteiger partial charge in [-0.15, -0.1) is 11.3 Å². The summed E-state index contributed by atoms with van der Waals surface area (Å²) >= 11 is 3.20. The van der Waals surface area contributed by atoms with Gasteiger partial charge in [0.2, 0.25) is 0 Å². The summed E-state index contributed by atoms with van der Waals surface area (Å²) in [6, 6.07) is 1.76. The van der Waals surface area contributed by atoms with Gasteiger partial charge in [0.05, 0.1) is 4.88 Å². The van der Waals surface area contributed by atoms with Gasteiger partial charge in [-0.3, -0.25) is 4.79 Å². The maximum Gasteiger partial charge on any atom is 0.263 e. The van der Waals surface area contributed by atoms with Crippen LogP contribution in [0.1, 0.15) is 14.5 Å². The highest BCUT2D eigenvalue weighted by atomic mass is 32.2. The SMILES string of the molecule is CSCCN(C)C(=O)c1cc(N)c(C)s1. The van der Waals surface area contributed by atoms with Crippen LogP contribution in [0.3, 0.4) is 0 Å². The standard InChI is InChI=1S/C10H16N2OS2/c1-7-8(11)6-9(15-7)10(13)12(2)4-5-14-3/h6H,4-5,11H2,1-3H3. The smallest absolute Gasteiger partial charge is 0.263 e. The first kappa shape index (κ1) is 12.4.